The molecular formula is C54H40N2. The molecule has 9 rings (SSSR count). The molecule has 0 saturated heterocycles. The van der Waals surface area contributed by atoms with Gasteiger partial charge >= 0.3 is 0 Å². The molecule has 9 aromatic rings. The molecule has 0 aliphatic rings. The van der Waals surface area contributed by atoms with Gasteiger partial charge in [-0.05, 0) is 117 Å². The number of anilines is 6. The number of para-hydroxylation sites is 3. The molecule has 0 bridgehead atoms. The van der Waals surface area contributed by atoms with E-state index in [4.69, 9.17) is 5.48 Å². The standard InChI is InChI=1S/C54H40N2/c1-5-13-41(14-6-1)42-21-23-43(24-22-42)47-31-37-53(38-32-47)56(51-19-11-4-12-20-51)54-39-33-48(34-40-54)45-27-25-44(26-28-45)46-29-35-52(36-30-46)55(49-15-7-2-8-16-49)50-17-9-3-10-18-50/h1-40H/i29D,30D,33D,34D,35D,36D,39D,40D. The van der Waals surface area contributed by atoms with E-state index >= 15 is 0 Å². The Morgan fingerprint density at radius 1 is 0.196 bits per heavy atom. The highest BCUT2D eigenvalue weighted by atomic mass is 15.1. The van der Waals surface area contributed by atoms with Gasteiger partial charge in [0, 0.05) is 34.1 Å². The van der Waals surface area contributed by atoms with Crippen LogP contribution < -0.4 is 9.80 Å². The summed E-state index contributed by atoms with van der Waals surface area (Å²) < 4.78 is 73.9. The van der Waals surface area contributed by atoms with Crippen molar-refractivity contribution >= 4 is 34.1 Å². The fourth-order valence-electron chi connectivity index (χ4n) is 6.76. The van der Waals surface area contributed by atoms with Gasteiger partial charge in [-0.2, -0.15) is 0 Å². The highest BCUT2D eigenvalue weighted by molar-refractivity contribution is 5.82. The predicted molar refractivity (Wildman–Crippen MR) is 238 cm³/mol. The number of hydrogen-bond acceptors (Lipinski definition) is 2. The summed E-state index contributed by atoms with van der Waals surface area (Å²) in [6.07, 6.45) is 0. The normalized spacial score (nSPS) is 12.9. The molecule has 0 saturated carbocycles. The summed E-state index contributed by atoms with van der Waals surface area (Å²) in [7, 11) is 0. The Hall–Kier alpha value is -7.42. The monoisotopic (exact) mass is 724 g/mol. The van der Waals surface area contributed by atoms with Crippen molar-refractivity contribution < 1.29 is 11.0 Å². The maximum absolute atomic E-state index is 9.35. The molecular weight excluding hydrogens is 677 g/mol. The zero-order valence-electron chi connectivity index (χ0n) is 38.4. The Bertz CT molecular complexity index is 3000. The average molecular weight is 725 g/mol. The van der Waals surface area contributed by atoms with Gasteiger partial charge < -0.3 is 9.80 Å². The van der Waals surface area contributed by atoms with Crippen molar-refractivity contribution in [1.82, 2.24) is 0 Å². The van der Waals surface area contributed by atoms with Crippen LogP contribution in [0.1, 0.15) is 11.0 Å². The Kier molecular flexibility index (Phi) is 7.49. The lowest BCUT2D eigenvalue weighted by Crippen LogP contribution is -2.09. The summed E-state index contributed by atoms with van der Waals surface area (Å²) >= 11 is 0. The smallest absolute Gasteiger partial charge is 0.0645 e. The van der Waals surface area contributed by atoms with Gasteiger partial charge in [-0.25, -0.2) is 0 Å². The van der Waals surface area contributed by atoms with Gasteiger partial charge in [0.05, 0.1) is 11.0 Å². The average Bonchev–Trinajstić information content (AvgIpc) is 3.35. The third-order valence-electron chi connectivity index (χ3n) is 9.63. The lowest BCUT2D eigenvalue weighted by atomic mass is 9.99. The van der Waals surface area contributed by atoms with E-state index in [1.165, 1.54) is 0 Å². The fourth-order valence-corrected chi connectivity index (χ4v) is 6.76. The van der Waals surface area contributed by atoms with E-state index < -0.39 is 0 Å². The molecule has 0 aliphatic carbocycles. The van der Waals surface area contributed by atoms with Gasteiger partial charge in [0.15, 0.2) is 0 Å². The molecule has 2 heteroatoms. The van der Waals surface area contributed by atoms with Gasteiger partial charge in [0.2, 0.25) is 0 Å². The van der Waals surface area contributed by atoms with Crippen LogP contribution in [0.4, 0.5) is 34.1 Å². The third kappa shape index (κ3) is 7.37. The number of rotatable bonds is 10. The Morgan fingerprint density at radius 2 is 0.429 bits per heavy atom. The topological polar surface area (TPSA) is 6.48 Å². The lowest BCUT2D eigenvalue weighted by Gasteiger charge is -2.26. The van der Waals surface area contributed by atoms with Crippen molar-refractivity contribution in [3.8, 4) is 44.5 Å². The van der Waals surface area contributed by atoms with E-state index in [-0.39, 0.29) is 70.8 Å². The largest absolute Gasteiger partial charge is 0.311 e. The number of benzene rings is 9. The zero-order chi connectivity index (χ0) is 44.5. The minimum atomic E-state index is -0.227. The van der Waals surface area contributed by atoms with Gasteiger partial charge in [0.25, 0.3) is 0 Å². The quantitative estimate of drug-likeness (QED) is 0.139. The second-order valence-electron chi connectivity index (χ2n) is 13.2. The van der Waals surface area contributed by atoms with Gasteiger partial charge in [-0.15, -0.1) is 0 Å². The molecule has 266 valence electrons. The molecule has 2 nitrogen and oxygen atoms in total. The highest BCUT2D eigenvalue weighted by Crippen LogP contribution is 2.38. The van der Waals surface area contributed by atoms with Gasteiger partial charge in [-0.1, -0.05) is 170 Å². The summed E-state index contributed by atoms with van der Waals surface area (Å²) in [5, 5.41) is 0. The summed E-state index contributed by atoms with van der Waals surface area (Å²) in [4.78, 5) is 3.47. The van der Waals surface area contributed by atoms with E-state index in [2.05, 4.69) is 36.4 Å². The summed E-state index contributed by atoms with van der Waals surface area (Å²) in [5.41, 5.74) is 8.22. The van der Waals surface area contributed by atoms with Crippen molar-refractivity contribution in [2.45, 2.75) is 0 Å². The van der Waals surface area contributed by atoms with Crippen LogP contribution in [-0.2, 0) is 0 Å². The molecule has 0 spiro atoms. The van der Waals surface area contributed by atoms with Gasteiger partial charge in [0.1, 0.15) is 0 Å². The molecule has 0 amide bonds. The number of hydrogen-bond donors (Lipinski definition) is 0. The minimum Gasteiger partial charge on any atom is -0.311 e. The fraction of sp³-hybridized carbons (Fsp3) is 0. The molecule has 0 heterocycles. The van der Waals surface area contributed by atoms with Crippen molar-refractivity contribution in [3.63, 3.8) is 0 Å². The summed E-state index contributed by atoms with van der Waals surface area (Å²) in [6, 6.07) is 59.1. The Morgan fingerprint density at radius 3 is 0.750 bits per heavy atom. The summed E-state index contributed by atoms with van der Waals surface area (Å²) in [5.74, 6) is 0. The Balaban J connectivity index is 1.06. The van der Waals surface area contributed by atoms with Crippen molar-refractivity contribution in [2.24, 2.45) is 0 Å². The molecule has 0 aromatic heterocycles. The van der Waals surface area contributed by atoms with Crippen molar-refractivity contribution in [2.75, 3.05) is 9.80 Å². The Labute approximate surface area is 341 Å². The first kappa shape index (κ1) is 26.4. The van der Waals surface area contributed by atoms with Crippen LogP contribution in [0.15, 0.2) is 242 Å². The molecule has 0 fully saturated rings. The second kappa shape index (κ2) is 15.9. The predicted octanol–water partition coefficient (Wildman–Crippen LogP) is 15.3. The molecule has 56 heavy (non-hydrogen) atoms. The van der Waals surface area contributed by atoms with Crippen LogP contribution in [0.2, 0.25) is 0 Å². The van der Waals surface area contributed by atoms with Crippen LogP contribution in [0, 0.1) is 0 Å². The van der Waals surface area contributed by atoms with Crippen LogP contribution >= 0.6 is 0 Å². The molecule has 0 N–H and O–H groups in total. The van der Waals surface area contributed by atoms with E-state index in [1.54, 1.807) is 34.1 Å². The zero-order valence-corrected chi connectivity index (χ0v) is 30.4. The molecule has 0 radical (unpaired) electrons. The number of nitrogens with zero attached hydrogens (tertiary/aromatic N) is 2. The maximum Gasteiger partial charge on any atom is 0.0645 e. The SMILES string of the molecule is [2H]c1c([2H])c(N(c2ccccc2)c2ccccc2)c([2H])c([2H])c1-c1ccc(-c2c([2H])c([2H])c(N(c3ccccc3)c3ccc(-c4ccc(-c5ccccc5)cc4)cc3)c([2H])c2[2H])cc1. The van der Waals surface area contributed by atoms with Gasteiger partial charge in [-0.3, -0.25) is 0 Å². The van der Waals surface area contributed by atoms with E-state index in [1.807, 2.05) is 133 Å². The molecule has 9 aromatic carbocycles. The third-order valence-corrected chi connectivity index (χ3v) is 9.63. The second-order valence-corrected chi connectivity index (χ2v) is 13.2. The van der Waals surface area contributed by atoms with E-state index in [9.17, 15) is 5.48 Å². The van der Waals surface area contributed by atoms with Crippen LogP contribution in [0.3, 0.4) is 0 Å². The van der Waals surface area contributed by atoms with Crippen LogP contribution in [0.5, 0.6) is 0 Å². The molecule has 0 atom stereocenters. The summed E-state index contributed by atoms with van der Waals surface area (Å²) in [6.45, 7) is 0. The van der Waals surface area contributed by atoms with Crippen molar-refractivity contribution in [1.29, 1.82) is 0 Å². The van der Waals surface area contributed by atoms with E-state index in [0.29, 0.717) is 33.9 Å². The van der Waals surface area contributed by atoms with Crippen molar-refractivity contribution in [3.05, 3.63) is 242 Å². The van der Waals surface area contributed by atoms with E-state index in [0.717, 1.165) is 22.3 Å². The first-order valence-corrected chi connectivity index (χ1v) is 18.4. The lowest BCUT2D eigenvalue weighted by molar-refractivity contribution is 1.28. The van der Waals surface area contributed by atoms with Crippen LogP contribution in [-0.4, -0.2) is 0 Å². The van der Waals surface area contributed by atoms with Crippen LogP contribution in [0.25, 0.3) is 44.5 Å². The first-order valence-electron chi connectivity index (χ1n) is 22.4. The maximum atomic E-state index is 9.35. The molecule has 0 unspecified atom stereocenters. The molecule has 0 aliphatic heterocycles. The minimum absolute atomic E-state index is 0.101. The first-order chi connectivity index (χ1) is 31.1. The highest BCUT2D eigenvalue weighted by Gasteiger charge is 2.14.